The zero-order chi connectivity index (χ0) is 14.2. The van der Waals surface area contributed by atoms with Gasteiger partial charge in [0.05, 0.1) is 12.6 Å². The van der Waals surface area contributed by atoms with Crippen molar-refractivity contribution >= 4 is 16.0 Å². The summed E-state index contributed by atoms with van der Waals surface area (Å²) < 4.78 is 30.6. The normalized spacial score (nSPS) is 24.7. The number of carbonyl (C=O) groups is 1. The number of aliphatic hydroxyl groups excluding tert-OH is 1. The predicted octanol–water partition coefficient (Wildman–Crippen LogP) is 0.369. The first-order valence-electron chi connectivity index (χ1n) is 5.83. The maximum atomic E-state index is 12.3. The number of aliphatic hydroxyl groups is 1. The molecule has 0 radical (unpaired) electrons. The lowest BCUT2D eigenvalue weighted by atomic mass is 10.0. The lowest BCUT2D eigenvalue weighted by Crippen LogP contribution is -2.39. The van der Waals surface area contributed by atoms with Crippen LogP contribution in [0.5, 0.6) is 0 Å². The van der Waals surface area contributed by atoms with E-state index >= 15 is 0 Å². The predicted molar refractivity (Wildman–Crippen MR) is 64.2 cm³/mol. The molecular formula is C11H15NO6S. The molecule has 0 aromatic carbocycles. The molecule has 0 amide bonds. The molecule has 1 aliphatic heterocycles. The Morgan fingerprint density at radius 1 is 1.53 bits per heavy atom. The molecule has 106 valence electrons. The van der Waals surface area contributed by atoms with Gasteiger partial charge in [-0.2, -0.15) is 4.31 Å². The van der Waals surface area contributed by atoms with Crippen molar-refractivity contribution in [1.29, 1.82) is 0 Å². The molecule has 0 saturated carbocycles. The molecule has 2 N–H and O–H groups in total. The van der Waals surface area contributed by atoms with Gasteiger partial charge in [0.2, 0.25) is 10.9 Å². The summed E-state index contributed by atoms with van der Waals surface area (Å²) in [6.07, 6.45) is 0.650. The molecule has 19 heavy (non-hydrogen) atoms. The summed E-state index contributed by atoms with van der Waals surface area (Å²) >= 11 is 0. The fourth-order valence-corrected chi connectivity index (χ4v) is 3.87. The van der Waals surface area contributed by atoms with E-state index in [0.717, 1.165) is 12.1 Å². The van der Waals surface area contributed by atoms with E-state index < -0.39 is 32.9 Å². The molecule has 2 heterocycles. The molecule has 1 fully saturated rings. The van der Waals surface area contributed by atoms with Gasteiger partial charge >= 0.3 is 5.97 Å². The van der Waals surface area contributed by atoms with Gasteiger partial charge in [0.15, 0.2) is 0 Å². The van der Waals surface area contributed by atoms with E-state index in [4.69, 9.17) is 9.52 Å². The van der Waals surface area contributed by atoms with Crippen molar-refractivity contribution in [2.75, 3.05) is 13.2 Å². The monoisotopic (exact) mass is 289 g/mol. The average Bonchev–Trinajstić information content (AvgIpc) is 2.95. The molecule has 2 unspecified atom stereocenters. The molecule has 2 rings (SSSR count). The third-order valence-corrected chi connectivity index (χ3v) is 5.17. The van der Waals surface area contributed by atoms with Crippen LogP contribution in [0.3, 0.4) is 0 Å². The lowest BCUT2D eigenvalue weighted by Gasteiger charge is -2.23. The molecule has 1 aromatic rings. The van der Waals surface area contributed by atoms with Crippen LogP contribution in [-0.2, 0) is 10.0 Å². The van der Waals surface area contributed by atoms with Crippen LogP contribution in [0.1, 0.15) is 23.9 Å². The maximum Gasteiger partial charge on any atom is 0.371 e. The Balaban J connectivity index is 2.34. The quantitative estimate of drug-likeness (QED) is 0.829. The number of carboxylic acids is 1. The van der Waals surface area contributed by atoms with Crippen LogP contribution in [0.15, 0.2) is 21.6 Å². The van der Waals surface area contributed by atoms with E-state index in [1.165, 1.54) is 4.31 Å². The number of furan rings is 1. The van der Waals surface area contributed by atoms with Crippen LogP contribution in [0.25, 0.3) is 0 Å². The Kier molecular flexibility index (Phi) is 3.66. The topological polar surface area (TPSA) is 108 Å². The average molecular weight is 289 g/mol. The maximum absolute atomic E-state index is 12.3. The number of nitrogens with zero attached hydrogens (tertiary/aromatic N) is 1. The van der Waals surface area contributed by atoms with Crippen molar-refractivity contribution in [2.45, 2.75) is 24.5 Å². The smallest absolute Gasteiger partial charge is 0.371 e. The summed E-state index contributed by atoms with van der Waals surface area (Å²) in [5.41, 5.74) is 0. The number of hydrogen-bond donors (Lipinski definition) is 2. The van der Waals surface area contributed by atoms with Crippen molar-refractivity contribution in [3.63, 3.8) is 0 Å². The van der Waals surface area contributed by atoms with E-state index in [-0.39, 0.29) is 19.1 Å². The van der Waals surface area contributed by atoms with E-state index in [1.54, 1.807) is 0 Å². The minimum absolute atomic E-state index is 0.0497. The first-order chi connectivity index (χ1) is 8.87. The molecule has 0 spiro atoms. The summed E-state index contributed by atoms with van der Waals surface area (Å²) in [6, 6.07) is 1.72. The zero-order valence-electron chi connectivity index (χ0n) is 10.3. The number of aromatic carboxylic acids is 1. The van der Waals surface area contributed by atoms with Crippen LogP contribution in [0, 0.1) is 5.92 Å². The van der Waals surface area contributed by atoms with Gasteiger partial charge < -0.3 is 14.6 Å². The van der Waals surface area contributed by atoms with Gasteiger partial charge in [0.1, 0.15) is 0 Å². The van der Waals surface area contributed by atoms with Crippen molar-refractivity contribution in [3.8, 4) is 0 Å². The fraction of sp³-hybridized carbons (Fsp3) is 0.545. The number of hydrogen-bond acceptors (Lipinski definition) is 5. The zero-order valence-corrected chi connectivity index (χ0v) is 11.1. The SMILES string of the molecule is CC1CCN(S(=O)(=O)c2ccc(C(=O)O)o2)C1CO. The Labute approximate surface area is 110 Å². The first-order valence-corrected chi connectivity index (χ1v) is 7.27. The van der Waals surface area contributed by atoms with Crippen LogP contribution < -0.4 is 0 Å². The standard InChI is InChI=1S/C11H15NO6S/c1-7-4-5-12(8(7)6-13)19(16,17)10-3-2-9(18-10)11(14)15/h2-3,7-8,13H,4-6H2,1H3,(H,14,15). The van der Waals surface area contributed by atoms with Crippen LogP contribution in [-0.4, -0.2) is 48.1 Å². The summed E-state index contributed by atoms with van der Waals surface area (Å²) in [5.74, 6) is -1.70. The van der Waals surface area contributed by atoms with Crippen LogP contribution >= 0.6 is 0 Å². The lowest BCUT2D eigenvalue weighted by molar-refractivity contribution is 0.0656. The summed E-state index contributed by atoms with van der Waals surface area (Å²) in [5, 5.41) is 17.6. The second-order valence-corrected chi connectivity index (χ2v) is 6.38. The van der Waals surface area contributed by atoms with Crippen molar-refractivity contribution in [3.05, 3.63) is 17.9 Å². The Bertz CT molecular complexity index is 578. The molecule has 1 aliphatic rings. The minimum atomic E-state index is -3.90. The van der Waals surface area contributed by atoms with Crippen molar-refractivity contribution < 1.29 is 27.8 Å². The highest BCUT2D eigenvalue weighted by atomic mass is 32.2. The molecule has 8 heteroatoms. The second-order valence-electron chi connectivity index (χ2n) is 4.56. The van der Waals surface area contributed by atoms with Crippen molar-refractivity contribution in [2.24, 2.45) is 5.92 Å². The summed E-state index contributed by atoms with van der Waals surface area (Å²) in [6.45, 7) is 1.88. The van der Waals surface area contributed by atoms with Gasteiger partial charge in [-0.05, 0) is 24.5 Å². The van der Waals surface area contributed by atoms with E-state index in [2.05, 4.69) is 0 Å². The highest BCUT2D eigenvalue weighted by Crippen LogP contribution is 2.30. The largest absolute Gasteiger partial charge is 0.475 e. The van der Waals surface area contributed by atoms with E-state index in [9.17, 15) is 18.3 Å². The van der Waals surface area contributed by atoms with Gasteiger partial charge in [-0.1, -0.05) is 6.92 Å². The Morgan fingerprint density at radius 3 is 2.74 bits per heavy atom. The molecule has 2 atom stereocenters. The molecule has 1 aromatic heterocycles. The van der Waals surface area contributed by atoms with Crippen molar-refractivity contribution in [1.82, 2.24) is 4.31 Å². The van der Waals surface area contributed by atoms with Gasteiger partial charge in [-0.25, -0.2) is 13.2 Å². The first kappa shape index (κ1) is 14.0. The number of sulfonamides is 1. The third kappa shape index (κ3) is 2.38. The fourth-order valence-electron chi connectivity index (χ4n) is 2.23. The second kappa shape index (κ2) is 4.95. The summed E-state index contributed by atoms with van der Waals surface area (Å²) in [7, 11) is -3.90. The highest BCUT2D eigenvalue weighted by molar-refractivity contribution is 7.89. The minimum Gasteiger partial charge on any atom is -0.475 e. The van der Waals surface area contributed by atoms with E-state index in [0.29, 0.717) is 6.42 Å². The number of carboxylic acid groups (broad SMARTS) is 1. The van der Waals surface area contributed by atoms with Crippen LogP contribution in [0.2, 0.25) is 0 Å². The number of rotatable bonds is 4. The van der Waals surface area contributed by atoms with E-state index in [1.807, 2.05) is 6.92 Å². The molecule has 0 bridgehead atoms. The van der Waals surface area contributed by atoms with Gasteiger partial charge in [-0.15, -0.1) is 0 Å². The Hall–Kier alpha value is -1.38. The molecule has 1 saturated heterocycles. The van der Waals surface area contributed by atoms with Gasteiger partial charge in [-0.3, -0.25) is 0 Å². The highest BCUT2D eigenvalue weighted by Gasteiger charge is 2.40. The molecule has 7 nitrogen and oxygen atoms in total. The van der Waals surface area contributed by atoms with Crippen LogP contribution in [0.4, 0.5) is 0 Å². The summed E-state index contributed by atoms with van der Waals surface area (Å²) in [4.78, 5) is 10.7. The molecular weight excluding hydrogens is 274 g/mol. The van der Waals surface area contributed by atoms with Gasteiger partial charge in [0, 0.05) is 6.54 Å². The molecule has 0 aliphatic carbocycles. The van der Waals surface area contributed by atoms with Gasteiger partial charge in [0.25, 0.3) is 10.0 Å². The third-order valence-electron chi connectivity index (χ3n) is 3.37. The Morgan fingerprint density at radius 2 is 2.21 bits per heavy atom.